The minimum absolute atomic E-state index is 0.267. The van der Waals surface area contributed by atoms with E-state index < -0.39 is 15.9 Å². The average Bonchev–Trinajstić information content (AvgIpc) is 2.32. The minimum Gasteiger partial charge on any atom is -0.285 e. The van der Waals surface area contributed by atoms with Gasteiger partial charge >= 0.3 is 0 Å². The number of hydrogen-bond acceptors (Lipinski definition) is 6. The molecule has 1 aromatic rings. The first-order valence-electron chi connectivity index (χ1n) is 2.71. The number of thioether (sulfide) groups is 1. The molecule has 0 amide bonds. The van der Waals surface area contributed by atoms with Crippen LogP contribution in [0.3, 0.4) is 0 Å². The first-order valence-corrected chi connectivity index (χ1v) is 6.12. The smallest absolute Gasteiger partial charge is 0.271 e. The number of aromatic nitrogens is 2. The molecule has 1 N–H and O–H groups in total. The molecule has 67 valence electrons. The molecule has 0 fully saturated rings. The van der Waals surface area contributed by atoms with Gasteiger partial charge in [0.2, 0.25) is 0 Å². The zero-order valence-corrected chi connectivity index (χ0v) is 8.25. The zero-order valence-electron chi connectivity index (χ0n) is 5.80. The van der Waals surface area contributed by atoms with Crippen molar-refractivity contribution in [1.29, 1.82) is 0 Å². The van der Waals surface area contributed by atoms with Crippen LogP contribution in [0, 0.1) is 6.26 Å². The van der Waals surface area contributed by atoms with Crippen molar-refractivity contribution in [2.24, 2.45) is 0 Å². The first-order chi connectivity index (χ1) is 5.51. The molecule has 0 bridgehead atoms. The van der Waals surface area contributed by atoms with Gasteiger partial charge in [0, 0.05) is 6.26 Å². The van der Waals surface area contributed by atoms with E-state index in [0.717, 1.165) is 23.1 Å². The number of rotatable bonds is 3. The van der Waals surface area contributed by atoms with Crippen molar-refractivity contribution in [3.8, 4) is 0 Å². The Hall–Kier alpha value is -0.180. The van der Waals surface area contributed by atoms with E-state index in [-0.39, 0.29) is 5.01 Å². The summed E-state index contributed by atoms with van der Waals surface area (Å²) in [6.45, 7) is 0. The third kappa shape index (κ3) is 3.05. The highest BCUT2D eigenvalue weighted by Gasteiger charge is 2.11. The summed E-state index contributed by atoms with van der Waals surface area (Å²) in [5, 5.41) is 7.42. The van der Waals surface area contributed by atoms with E-state index in [9.17, 15) is 8.42 Å². The Morgan fingerprint density at radius 3 is 2.67 bits per heavy atom. The highest BCUT2D eigenvalue weighted by atomic mass is 32.2. The third-order valence-corrected chi connectivity index (χ3v) is 3.35. The fourth-order valence-corrected chi connectivity index (χ4v) is 2.55. The fourth-order valence-electron chi connectivity index (χ4n) is 0.511. The van der Waals surface area contributed by atoms with Gasteiger partial charge in [-0.15, -0.1) is 10.2 Å². The Bertz CT molecular complexity index is 357. The Kier molecular flexibility index (Phi) is 3.04. The van der Waals surface area contributed by atoms with Gasteiger partial charge < -0.3 is 0 Å². The van der Waals surface area contributed by atoms with E-state index in [1.54, 1.807) is 0 Å². The largest absolute Gasteiger partial charge is 0.285 e. The van der Waals surface area contributed by atoms with E-state index in [4.69, 9.17) is 4.55 Å². The topological polar surface area (TPSA) is 80.2 Å². The SMILES string of the molecule is [CH2]Sc1nnc(CS(=O)(=O)O)s1. The van der Waals surface area contributed by atoms with Gasteiger partial charge in [-0.05, 0) is 0 Å². The van der Waals surface area contributed by atoms with Gasteiger partial charge in [-0.2, -0.15) is 8.42 Å². The van der Waals surface area contributed by atoms with Crippen molar-refractivity contribution in [3.05, 3.63) is 11.3 Å². The summed E-state index contributed by atoms with van der Waals surface area (Å²) in [6, 6.07) is 0. The normalized spacial score (nSPS) is 11.8. The molecule has 12 heavy (non-hydrogen) atoms. The molecular formula is C4H5N2O3S3. The molecule has 0 aliphatic carbocycles. The van der Waals surface area contributed by atoms with E-state index in [2.05, 4.69) is 16.5 Å². The molecule has 1 aromatic heterocycles. The van der Waals surface area contributed by atoms with Gasteiger partial charge in [0.1, 0.15) is 10.8 Å². The highest BCUT2D eigenvalue weighted by Crippen LogP contribution is 2.21. The van der Waals surface area contributed by atoms with E-state index in [1.165, 1.54) is 0 Å². The van der Waals surface area contributed by atoms with Crippen LogP contribution in [-0.2, 0) is 15.9 Å². The van der Waals surface area contributed by atoms with Gasteiger partial charge in [-0.3, -0.25) is 4.55 Å². The molecule has 0 saturated heterocycles. The summed E-state index contributed by atoms with van der Waals surface area (Å²) in [5.41, 5.74) is 0. The molecule has 1 rings (SSSR count). The van der Waals surface area contributed by atoms with Crippen LogP contribution in [0.2, 0.25) is 0 Å². The van der Waals surface area contributed by atoms with Crippen molar-refractivity contribution in [2.45, 2.75) is 10.1 Å². The Morgan fingerprint density at radius 1 is 1.58 bits per heavy atom. The standard InChI is InChI=1S/C4H5N2O3S3/c1-10-4-6-5-3(11-4)2-12(7,8)9/h1-2H2,(H,7,8,9). The second-order valence-electron chi connectivity index (χ2n) is 1.83. The van der Waals surface area contributed by atoms with Crippen LogP contribution in [-0.4, -0.2) is 23.2 Å². The summed E-state index contributed by atoms with van der Waals surface area (Å²) in [7, 11) is -3.99. The van der Waals surface area contributed by atoms with E-state index in [1.807, 2.05) is 0 Å². The molecule has 1 heterocycles. The lowest BCUT2D eigenvalue weighted by Gasteiger charge is -1.87. The van der Waals surface area contributed by atoms with E-state index in [0.29, 0.717) is 4.34 Å². The number of nitrogens with zero attached hydrogens (tertiary/aromatic N) is 2. The van der Waals surface area contributed by atoms with Crippen LogP contribution in [0.25, 0.3) is 0 Å². The maximum atomic E-state index is 10.4. The summed E-state index contributed by atoms with van der Waals surface area (Å²) in [4.78, 5) is 0. The molecule has 8 heteroatoms. The molecule has 1 radical (unpaired) electrons. The predicted octanol–water partition coefficient (Wildman–Crippen LogP) is 0.810. The Labute approximate surface area is 78.0 Å². The lowest BCUT2D eigenvalue weighted by Crippen LogP contribution is -2.00. The van der Waals surface area contributed by atoms with Crippen LogP contribution < -0.4 is 0 Å². The van der Waals surface area contributed by atoms with Crippen molar-refractivity contribution >= 4 is 33.2 Å². The molecule has 0 atom stereocenters. The van der Waals surface area contributed by atoms with Crippen molar-refractivity contribution in [1.82, 2.24) is 10.2 Å². The van der Waals surface area contributed by atoms with Crippen LogP contribution in [0.4, 0.5) is 0 Å². The monoisotopic (exact) mass is 225 g/mol. The second kappa shape index (κ2) is 3.69. The molecule has 5 nitrogen and oxygen atoms in total. The lowest BCUT2D eigenvalue weighted by molar-refractivity contribution is 0.482. The molecular weight excluding hydrogens is 220 g/mol. The van der Waals surface area contributed by atoms with E-state index >= 15 is 0 Å². The van der Waals surface area contributed by atoms with Gasteiger partial charge in [0.15, 0.2) is 4.34 Å². The van der Waals surface area contributed by atoms with Crippen molar-refractivity contribution in [3.63, 3.8) is 0 Å². The lowest BCUT2D eigenvalue weighted by atomic mass is 10.9. The Balaban J connectivity index is 2.78. The van der Waals surface area contributed by atoms with Gasteiger partial charge in [-0.1, -0.05) is 23.1 Å². The van der Waals surface area contributed by atoms with Gasteiger partial charge in [-0.25, -0.2) is 0 Å². The Morgan fingerprint density at radius 2 is 2.25 bits per heavy atom. The predicted molar refractivity (Wildman–Crippen MR) is 46.4 cm³/mol. The zero-order chi connectivity index (χ0) is 9.19. The van der Waals surface area contributed by atoms with Crippen molar-refractivity contribution in [2.75, 3.05) is 0 Å². The summed E-state index contributed by atoms with van der Waals surface area (Å²) < 4.78 is 29.8. The molecule has 0 aromatic carbocycles. The van der Waals surface area contributed by atoms with Crippen LogP contribution >= 0.6 is 23.1 Å². The maximum absolute atomic E-state index is 10.4. The molecule has 0 aliphatic heterocycles. The third-order valence-electron chi connectivity index (χ3n) is 0.878. The molecule has 0 unspecified atom stereocenters. The van der Waals surface area contributed by atoms with Crippen LogP contribution in [0.15, 0.2) is 4.34 Å². The average molecular weight is 225 g/mol. The van der Waals surface area contributed by atoms with Crippen LogP contribution in [0.5, 0.6) is 0 Å². The molecule has 0 aliphatic rings. The van der Waals surface area contributed by atoms with Gasteiger partial charge in [0.05, 0.1) is 0 Å². The summed E-state index contributed by atoms with van der Waals surface area (Å²) >= 11 is 2.23. The van der Waals surface area contributed by atoms with Crippen molar-refractivity contribution < 1.29 is 13.0 Å². The van der Waals surface area contributed by atoms with Gasteiger partial charge in [0.25, 0.3) is 10.1 Å². The maximum Gasteiger partial charge on any atom is 0.271 e. The minimum atomic E-state index is -3.99. The highest BCUT2D eigenvalue weighted by molar-refractivity contribution is 8.02. The molecule has 0 saturated carbocycles. The summed E-state index contributed by atoms with van der Waals surface area (Å²) in [5.74, 6) is -0.481. The molecule has 0 spiro atoms. The quantitative estimate of drug-likeness (QED) is 0.605. The first kappa shape index (κ1) is 9.90. The summed E-state index contributed by atoms with van der Waals surface area (Å²) in [6.07, 6.45) is 3.48. The second-order valence-corrected chi connectivity index (χ2v) is 5.28. The fraction of sp³-hybridized carbons (Fsp3) is 0.250. The van der Waals surface area contributed by atoms with Crippen LogP contribution in [0.1, 0.15) is 5.01 Å². The number of hydrogen-bond donors (Lipinski definition) is 1.